The standard InChI is InChI=1S/C19H20N2O2S/c1-21(2)12-11-14-13-20-16-9-6-10-17(18(14)16)23-19(22)24-15-7-4-3-5-8-15/h3-10,13,20H,11-12H2,1-2H3. The van der Waals surface area contributed by atoms with Gasteiger partial charge in [-0.05, 0) is 62.1 Å². The smallest absolute Gasteiger partial charge is 0.377 e. The van der Waals surface area contributed by atoms with Crippen LogP contribution in [0.25, 0.3) is 10.9 Å². The third-order valence-electron chi connectivity index (χ3n) is 3.72. The quantitative estimate of drug-likeness (QED) is 0.546. The highest BCUT2D eigenvalue weighted by molar-refractivity contribution is 8.13. The first-order valence-corrected chi connectivity index (χ1v) is 8.63. The summed E-state index contributed by atoms with van der Waals surface area (Å²) in [7, 11) is 4.10. The molecule has 4 nitrogen and oxygen atoms in total. The molecule has 0 fully saturated rings. The Morgan fingerprint density at radius 1 is 1.12 bits per heavy atom. The van der Waals surface area contributed by atoms with Gasteiger partial charge < -0.3 is 14.6 Å². The number of likely N-dealkylation sites (N-methyl/N-ethyl adjacent to an activating group) is 1. The van der Waals surface area contributed by atoms with Gasteiger partial charge >= 0.3 is 5.30 Å². The lowest BCUT2D eigenvalue weighted by Crippen LogP contribution is -2.15. The number of hydrogen-bond donors (Lipinski definition) is 1. The number of aromatic nitrogens is 1. The lowest BCUT2D eigenvalue weighted by Gasteiger charge is -2.10. The van der Waals surface area contributed by atoms with E-state index in [9.17, 15) is 4.79 Å². The van der Waals surface area contributed by atoms with Gasteiger partial charge in [-0.1, -0.05) is 24.3 Å². The SMILES string of the molecule is CN(C)CCc1c[nH]c2cccc(OC(=O)Sc3ccccc3)c12. The molecule has 3 aromatic rings. The highest BCUT2D eigenvalue weighted by Crippen LogP contribution is 2.31. The summed E-state index contributed by atoms with van der Waals surface area (Å²) < 4.78 is 5.63. The molecule has 0 saturated carbocycles. The normalized spacial score (nSPS) is 11.1. The Kier molecular flexibility index (Phi) is 5.23. The van der Waals surface area contributed by atoms with Crippen LogP contribution in [0.15, 0.2) is 59.6 Å². The molecular formula is C19H20N2O2S. The highest BCUT2D eigenvalue weighted by atomic mass is 32.2. The number of fused-ring (bicyclic) bond motifs is 1. The van der Waals surface area contributed by atoms with E-state index < -0.39 is 0 Å². The number of H-pyrrole nitrogens is 1. The van der Waals surface area contributed by atoms with Crippen molar-refractivity contribution in [3.05, 3.63) is 60.3 Å². The van der Waals surface area contributed by atoms with Gasteiger partial charge in [0.15, 0.2) is 0 Å². The fraction of sp³-hybridized carbons (Fsp3) is 0.211. The highest BCUT2D eigenvalue weighted by Gasteiger charge is 2.14. The van der Waals surface area contributed by atoms with Crippen LogP contribution >= 0.6 is 11.8 Å². The number of hydrogen-bond acceptors (Lipinski definition) is 4. The van der Waals surface area contributed by atoms with E-state index in [2.05, 4.69) is 9.88 Å². The molecule has 124 valence electrons. The van der Waals surface area contributed by atoms with Gasteiger partial charge in [0.2, 0.25) is 0 Å². The molecule has 1 aromatic heterocycles. The number of thioether (sulfide) groups is 1. The fourth-order valence-electron chi connectivity index (χ4n) is 2.54. The van der Waals surface area contributed by atoms with Crippen molar-refractivity contribution < 1.29 is 9.53 Å². The van der Waals surface area contributed by atoms with Crippen molar-refractivity contribution in [1.29, 1.82) is 0 Å². The Labute approximate surface area is 145 Å². The van der Waals surface area contributed by atoms with Crippen LogP contribution in [0.1, 0.15) is 5.56 Å². The number of carbonyl (C=O) groups is 1. The van der Waals surface area contributed by atoms with Gasteiger partial charge in [-0.2, -0.15) is 0 Å². The minimum absolute atomic E-state index is 0.326. The van der Waals surface area contributed by atoms with Crippen molar-refractivity contribution in [1.82, 2.24) is 9.88 Å². The largest absolute Gasteiger partial charge is 0.417 e. The predicted octanol–water partition coefficient (Wildman–Crippen LogP) is 4.56. The van der Waals surface area contributed by atoms with E-state index in [1.807, 2.05) is 68.8 Å². The maximum absolute atomic E-state index is 12.2. The zero-order valence-corrected chi connectivity index (χ0v) is 14.6. The van der Waals surface area contributed by atoms with E-state index in [1.165, 1.54) is 0 Å². The van der Waals surface area contributed by atoms with Gasteiger partial charge in [-0.15, -0.1) is 0 Å². The lowest BCUT2D eigenvalue weighted by molar-refractivity contribution is 0.227. The Morgan fingerprint density at radius 3 is 2.67 bits per heavy atom. The van der Waals surface area contributed by atoms with Crippen LogP contribution in [-0.2, 0) is 6.42 Å². The Hall–Kier alpha value is -2.24. The van der Waals surface area contributed by atoms with E-state index in [1.54, 1.807) is 0 Å². The molecule has 5 heteroatoms. The molecule has 0 atom stereocenters. The Balaban J connectivity index is 1.80. The number of rotatable bonds is 5. The van der Waals surface area contributed by atoms with E-state index in [0.29, 0.717) is 5.75 Å². The first-order valence-electron chi connectivity index (χ1n) is 7.82. The van der Waals surface area contributed by atoms with Crippen molar-refractivity contribution in [3.8, 4) is 5.75 Å². The molecule has 0 bridgehead atoms. The molecule has 2 aromatic carbocycles. The van der Waals surface area contributed by atoms with Gasteiger partial charge in [-0.25, -0.2) is 4.79 Å². The van der Waals surface area contributed by atoms with E-state index in [4.69, 9.17) is 4.74 Å². The average Bonchev–Trinajstić information content (AvgIpc) is 2.98. The zero-order valence-electron chi connectivity index (χ0n) is 13.8. The monoisotopic (exact) mass is 340 g/mol. The van der Waals surface area contributed by atoms with Crippen molar-refractivity contribution in [2.75, 3.05) is 20.6 Å². The average molecular weight is 340 g/mol. The summed E-state index contributed by atoms with van der Waals surface area (Å²) in [4.78, 5) is 18.5. The van der Waals surface area contributed by atoms with Crippen LogP contribution in [0, 0.1) is 0 Å². The molecule has 3 rings (SSSR count). The molecular weight excluding hydrogens is 320 g/mol. The third-order valence-corrected chi connectivity index (χ3v) is 4.47. The number of ether oxygens (including phenoxy) is 1. The second kappa shape index (κ2) is 7.55. The second-order valence-electron chi connectivity index (χ2n) is 5.81. The second-order valence-corrected chi connectivity index (χ2v) is 6.82. The zero-order chi connectivity index (χ0) is 16.9. The summed E-state index contributed by atoms with van der Waals surface area (Å²) in [5.74, 6) is 0.607. The summed E-state index contributed by atoms with van der Waals surface area (Å²) in [5, 5.41) is 0.662. The van der Waals surface area contributed by atoms with Gasteiger partial charge in [0.25, 0.3) is 0 Å². The topological polar surface area (TPSA) is 45.3 Å². The van der Waals surface area contributed by atoms with Crippen LogP contribution in [-0.4, -0.2) is 35.8 Å². The molecule has 0 amide bonds. The molecule has 1 N–H and O–H groups in total. The molecule has 0 unspecified atom stereocenters. The van der Waals surface area contributed by atoms with Crippen molar-refractivity contribution >= 4 is 28.0 Å². The first-order chi connectivity index (χ1) is 11.6. The summed E-state index contributed by atoms with van der Waals surface area (Å²) in [6.45, 7) is 0.938. The van der Waals surface area contributed by atoms with Crippen molar-refractivity contribution in [2.45, 2.75) is 11.3 Å². The molecule has 0 aliphatic heterocycles. The first kappa shape index (κ1) is 16.6. The Morgan fingerprint density at radius 2 is 1.92 bits per heavy atom. The molecule has 1 heterocycles. The fourth-order valence-corrected chi connectivity index (χ4v) is 3.16. The van der Waals surface area contributed by atoms with Crippen LogP contribution in [0.2, 0.25) is 0 Å². The van der Waals surface area contributed by atoms with E-state index in [-0.39, 0.29) is 5.30 Å². The molecule has 0 radical (unpaired) electrons. The number of nitrogens with zero attached hydrogens (tertiary/aromatic N) is 1. The van der Waals surface area contributed by atoms with Crippen LogP contribution in [0.4, 0.5) is 4.79 Å². The summed E-state index contributed by atoms with van der Waals surface area (Å²) in [6.07, 6.45) is 2.89. The molecule has 0 spiro atoms. The lowest BCUT2D eigenvalue weighted by atomic mass is 10.1. The summed E-state index contributed by atoms with van der Waals surface area (Å²) in [5.41, 5.74) is 2.14. The van der Waals surface area contributed by atoms with Crippen molar-refractivity contribution in [3.63, 3.8) is 0 Å². The number of aromatic amines is 1. The third kappa shape index (κ3) is 3.99. The van der Waals surface area contributed by atoms with Gasteiger partial charge in [0, 0.05) is 28.5 Å². The number of benzene rings is 2. The number of nitrogens with one attached hydrogen (secondary N) is 1. The maximum atomic E-state index is 12.2. The van der Waals surface area contributed by atoms with E-state index in [0.717, 1.165) is 46.1 Å². The molecule has 0 aliphatic carbocycles. The maximum Gasteiger partial charge on any atom is 0.377 e. The van der Waals surface area contributed by atoms with E-state index >= 15 is 0 Å². The minimum Gasteiger partial charge on any atom is -0.417 e. The minimum atomic E-state index is -0.326. The predicted molar refractivity (Wildman–Crippen MR) is 98.9 cm³/mol. The summed E-state index contributed by atoms with van der Waals surface area (Å²) >= 11 is 1.09. The van der Waals surface area contributed by atoms with Gasteiger partial charge in [0.1, 0.15) is 5.75 Å². The van der Waals surface area contributed by atoms with Crippen LogP contribution < -0.4 is 4.74 Å². The summed E-state index contributed by atoms with van der Waals surface area (Å²) in [6, 6.07) is 15.3. The molecule has 0 aliphatic rings. The van der Waals surface area contributed by atoms with Crippen LogP contribution in [0.3, 0.4) is 0 Å². The molecule has 24 heavy (non-hydrogen) atoms. The van der Waals surface area contributed by atoms with Crippen molar-refractivity contribution in [2.24, 2.45) is 0 Å². The molecule has 0 saturated heterocycles. The van der Waals surface area contributed by atoms with Crippen LogP contribution in [0.5, 0.6) is 5.75 Å². The van der Waals surface area contributed by atoms with Gasteiger partial charge in [-0.3, -0.25) is 0 Å². The van der Waals surface area contributed by atoms with Gasteiger partial charge in [0.05, 0.1) is 0 Å². The Bertz CT molecular complexity index is 828. The number of carbonyl (C=O) groups excluding carboxylic acids is 1.